The van der Waals surface area contributed by atoms with Crippen LogP contribution < -0.4 is 4.74 Å². The van der Waals surface area contributed by atoms with Crippen molar-refractivity contribution in [1.29, 1.82) is 0 Å². The molecule has 1 amide bonds. The van der Waals surface area contributed by atoms with Gasteiger partial charge in [-0.2, -0.15) is 0 Å². The summed E-state index contributed by atoms with van der Waals surface area (Å²) in [6.45, 7) is 6.07. The first kappa shape index (κ1) is 18.6. The average Bonchev–Trinajstić information content (AvgIpc) is 2.90. The number of furan rings is 1. The second kappa shape index (κ2) is 7.88. The number of hydrogen-bond donors (Lipinski definition) is 1. The third kappa shape index (κ3) is 4.86. The zero-order valence-corrected chi connectivity index (χ0v) is 15.0. The molecule has 6 heteroatoms. The summed E-state index contributed by atoms with van der Waals surface area (Å²) in [5, 5.41) is 9.03. The van der Waals surface area contributed by atoms with Crippen LogP contribution in [0.25, 0.3) is 0 Å². The SMILES string of the molecule is Cc1ccc(OCCC(=O)N(C)Cc2cc(C(=O)O)c(C)o2)c(C)c1. The summed E-state index contributed by atoms with van der Waals surface area (Å²) in [6, 6.07) is 7.35. The summed E-state index contributed by atoms with van der Waals surface area (Å²) in [5.41, 5.74) is 2.32. The van der Waals surface area contributed by atoms with Crippen LogP contribution in [0.15, 0.2) is 28.7 Å². The maximum absolute atomic E-state index is 12.2. The van der Waals surface area contributed by atoms with Gasteiger partial charge in [0.05, 0.1) is 19.6 Å². The molecule has 25 heavy (non-hydrogen) atoms. The van der Waals surface area contributed by atoms with E-state index in [1.807, 2.05) is 32.0 Å². The molecule has 0 aliphatic rings. The predicted octanol–water partition coefficient (Wildman–Crippen LogP) is 3.33. The molecule has 0 saturated heterocycles. The fraction of sp³-hybridized carbons (Fsp3) is 0.368. The van der Waals surface area contributed by atoms with Gasteiger partial charge in [-0.25, -0.2) is 4.79 Å². The smallest absolute Gasteiger partial charge is 0.339 e. The Morgan fingerprint density at radius 1 is 1.20 bits per heavy atom. The van der Waals surface area contributed by atoms with Crippen molar-refractivity contribution in [2.75, 3.05) is 13.7 Å². The lowest BCUT2D eigenvalue weighted by atomic mass is 10.1. The van der Waals surface area contributed by atoms with Crippen molar-refractivity contribution in [3.63, 3.8) is 0 Å². The standard InChI is InChI=1S/C19H23NO5/c1-12-5-6-17(13(2)9-12)24-8-7-18(21)20(4)11-15-10-16(19(22)23)14(3)25-15/h5-6,9-10H,7-8,11H2,1-4H3,(H,22,23). The van der Waals surface area contributed by atoms with Crippen LogP contribution in [-0.4, -0.2) is 35.5 Å². The summed E-state index contributed by atoms with van der Waals surface area (Å²) in [5.74, 6) is 0.412. The van der Waals surface area contributed by atoms with Crippen molar-refractivity contribution in [3.05, 3.63) is 52.5 Å². The van der Waals surface area contributed by atoms with Crippen LogP contribution in [-0.2, 0) is 11.3 Å². The van der Waals surface area contributed by atoms with Gasteiger partial charge in [0.25, 0.3) is 0 Å². The Morgan fingerprint density at radius 2 is 1.92 bits per heavy atom. The van der Waals surface area contributed by atoms with Gasteiger partial charge in [0.1, 0.15) is 22.8 Å². The van der Waals surface area contributed by atoms with Gasteiger partial charge in [0.15, 0.2) is 0 Å². The lowest BCUT2D eigenvalue weighted by Crippen LogP contribution is -2.27. The molecule has 6 nitrogen and oxygen atoms in total. The summed E-state index contributed by atoms with van der Waals surface area (Å²) in [7, 11) is 1.65. The zero-order chi connectivity index (χ0) is 18.6. The number of hydrogen-bond acceptors (Lipinski definition) is 4. The maximum Gasteiger partial charge on any atom is 0.339 e. The average molecular weight is 345 g/mol. The van der Waals surface area contributed by atoms with Crippen LogP contribution in [0.4, 0.5) is 0 Å². The van der Waals surface area contributed by atoms with Crippen LogP contribution in [0, 0.1) is 20.8 Å². The number of carboxylic acids is 1. The van der Waals surface area contributed by atoms with Crippen LogP contribution in [0.2, 0.25) is 0 Å². The largest absolute Gasteiger partial charge is 0.493 e. The van der Waals surface area contributed by atoms with Crippen molar-refractivity contribution in [1.82, 2.24) is 4.90 Å². The van der Waals surface area contributed by atoms with Crippen molar-refractivity contribution < 1.29 is 23.8 Å². The van der Waals surface area contributed by atoms with Crippen LogP contribution in [0.3, 0.4) is 0 Å². The topological polar surface area (TPSA) is 80.0 Å². The highest BCUT2D eigenvalue weighted by atomic mass is 16.5. The molecular weight excluding hydrogens is 322 g/mol. The first-order valence-electron chi connectivity index (χ1n) is 8.04. The second-order valence-corrected chi connectivity index (χ2v) is 6.10. The summed E-state index contributed by atoms with van der Waals surface area (Å²) in [4.78, 5) is 24.7. The molecule has 134 valence electrons. The van der Waals surface area contributed by atoms with Gasteiger partial charge in [-0.1, -0.05) is 17.7 Å². The van der Waals surface area contributed by atoms with Gasteiger partial charge in [-0.05, 0) is 38.5 Å². The van der Waals surface area contributed by atoms with E-state index >= 15 is 0 Å². The van der Waals surface area contributed by atoms with E-state index in [0.717, 1.165) is 16.9 Å². The monoisotopic (exact) mass is 345 g/mol. The molecule has 0 unspecified atom stereocenters. The molecule has 0 fully saturated rings. The predicted molar refractivity (Wildman–Crippen MR) is 92.9 cm³/mol. The Bertz CT molecular complexity index is 778. The van der Waals surface area contributed by atoms with Crippen molar-refractivity contribution in [2.24, 2.45) is 0 Å². The third-order valence-corrected chi connectivity index (χ3v) is 3.92. The summed E-state index contributed by atoms with van der Waals surface area (Å²) < 4.78 is 11.1. The molecule has 0 aliphatic carbocycles. The van der Waals surface area contributed by atoms with Gasteiger partial charge in [-0.15, -0.1) is 0 Å². The number of aromatic carboxylic acids is 1. The lowest BCUT2D eigenvalue weighted by molar-refractivity contribution is -0.131. The van der Waals surface area contributed by atoms with Crippen LogP contribution in [0.1, 0.15) is 39.4 Å². The Morgan fingerprint density at radius 3 is 2.52 bits per heavy atom. The lowest BCUT2D eigenvalue weighted by Gasteiger charge is -2.16. The first-order chi connectivity index (χ1) is 11.8. The number of ether oxygens (including phenoxy) is 1. The molecule has 1 aromatic carbocycles. The van der Waals surface area contributed by atoms with Gasteiger partial charge < -0.3 is 19.2 Å². The van der Waals surface area contributed by atoms with Gasteiger partial charge in [0.2, 0.25) is 5.91 Å². The molecule has 0 spiro atoms. The minimum atomic E-state index is -1.04. The van der Waals surface area contributed by atoms with E-state index in [9.17, 15) is 9.59 Å². The van der Waals surface area contributed by atoms with E-state index in [2.05, 4.69) is 0 Å². The highest BCUT2D eigenvalue weighted by Gasteiger charge is 2.17. The van der Waals surface area contributed by atoms with E-state index in [1.165, 1.54) is 11.0 Å². The molecule has 0 saturated carbocycles. The molecule has 1 heterocycles. The molecule has 0 radical (unpaired) electrons. The van der Waals surface area contributed by atoms with E-state index in [-0.39, 0.29) is 31.0 Å². The Balaban J connectivity index is 1.86. The number of carbonyl (C=O) groups is 2. The number of benzene rings is 1. The molecule has 0 atom stereocenters. The van der Waals surface area contributed by atoms with Crippen molar-refractivity contribution in [2.45, 2.75) is 33.7 Å². The van der Waals surface area contributed by atoms with Crippen molar-refractivity contribution >= 4 is 11.9 Å². The molecule has 0 aliphatic heterocycles. The van der Waals surface area contributed by atoms with Gasteiger partial charge in [0, 0.05) is 7.05 Å². The Hall–Kier alpha value is -2.76. The maximum atomic E-state index is 12.2. The number of amides is 1. The Labute approximate surface area is 147 Å². The highest BCUT2D eigenvalue weighted by molar-refractivity contribution is 5.88. The zero-order valence-electron chi connectivity index (χ0n) is 15.0. The third-order valence-electron chi connectivity index (χ3n) is 3.92. The minimum Gasteiger partial charge on any atom is -0.493 e. The van der Waals surface area contributed by atoms with E-state index in [4.69, 9.17) is 14.3 Å². The van der Waals surface area contributed by atoms with E-state index in [1.54, 1.807) is 14.0 Å². The number of aryl methyl sites for hydroxylation is 3. The molecule has 1 aromatic heterocycles. The summed E-state index contributed by atoms with van der Waals surface area (Å²) in [6.07, 6.45) is 0.231. The molecule has 2 rings (SSSR count). The number of nitrogens with zero attached hydrogens (tertiary/aromatic N) is 1. The van der Waals surface area contributed by atoms with E-state index < -0.39 is 5.97 Å². The van der Waals surface area contributed by atoms with Crippen molar-refractivity contribution in [3.8, 4) is 5.75 Å². The quantitative estimate of drug-likeness (QED) is 0.832. The highest BCUT2D eigenvalue weighted by Crippen LogP contribution is 2.19. The molecule has 0 bridgehead atoms. The molecule has 1 N–H and O–H groups in total. The van der Waals surface area contributed by atoms with Gasteiger partial charge >= 0.3 is 5.97 Å². The minimum absolute atomic E-state index is 0.101. The first-order valence-corrected chi connectivity index (χ1v) is 8.04. The number of carbonyl (C=O) groups excluding carboxylic acids is 1. The number of carboxylic acid groups (broad SMARTS) is 1. The normalized spacial score (nSPS) is 10.6. The Kier molecular flexibility index (Phi) is 5.85. The van der Waals surface area contributed by atoms with Crippen LogP contribution >= 0.6 is 0 Å². The fourth-order valence-corrected chi connectivity index (χ4v) is 2.56. The summed E-state index contributed by atoms with van der Waals surface area (Å²) >= 11 is 0. The van der Waals surface area contributed by atoms with Crippen LogP contribution in [0.5, 0.6) is 5.75 Å². The fourth-order valence-electron chi connectivity index (χ4n) is 2.56. The molecular formula is C19H23NO5. The van der Waals surface area contributed by atoms with Gasteiger partial charge in [-0.3, -0.25) is 4.79 Å². The van der Waals surface area contributed by atoms with E-state index in [0.29, 0.717) is 11.5 Å². The second-order valence-electron chi connectivity index (χ2n) is 6.10. The molecule has 2 aromatic rings. The number of rotatable bonds is 7.